The molecule has 0 aromatic carbocycles. The van der Waals surface area contributed by atoms with E-state index in [9.17, 15) is 13.2 Å². The number of nitrogens with two attached hydrogens (primary N) is 1. The molecule has 0 bridgehead atoms. The van der Waals surface area contributed by atoms with E-state index in [1.165, 1.54) is 0 Å². The Morgan fingerprint density at radius 2 is 2.17 bits per heavy atom. The molecule has 0 fully saturated rings. The minimum atomic E-state index is -4.49. The van der Waals surface area contributed by atoms with E-state index in [4.69, 9.17) is 11.1 Å². The van der Waals surface area contributed by atoms with Crippen LogP contribution in [0.3, 0.4) is 0 Å². The van der Waals surface area contributed by atoms with Crippen molar-refractivity contribution in [2.24, 2.45) is 5.73 Å². The van der Waals surface area contributed by atoms with Gasteiger partial charge in [-0.2, -0.15) is 18.3 Å². The van der Waals surface area contributed by atoms with Gasteiger partial charge in [-0.25, -0.2) is 4.68 Å². The van der Waals surface area contributed by atoms with Gasteiger partial charge in [-0.1, -0.05) is 0 Å². The molecule has 0 saturated heterocycles. The summed E-state index contributed by atoms with van der Waals surface area (Å²) in [4.78, 5) is 0. The Kier molecular flexibility index (Phi) is 1.79. The molecule has 3 N–H and O–H groups in total. The molecule has 1 rings (SSSR count). The van der Waals surface area contributed by atoms with Crippen molar-refractivity contribution >= 4 is 5.96 Å². The van der Waals surface area contributed by atoms with Gasteiger partial charge in [0, 0.05) is 6.20 Å². The van der Waals surface area contributed by atoms with E-state index in [1.807, 2.05) is 0 Å². The molecule has 66 valence electrons. The first-order chi connectivity index (χ1) is 5.41. The lowest BCUT2D eigenvalue weighted by atomic mass is 10.4. The highest BCUT2D eigenvalue weighted by Crippen LogP contribution is 2.26. The van der Waals surface area contributed by atoms with Crippen molar-refractivity contribution < 1.29 is 13.2 Å². The Hall–Kier alpha value is -1.53. The lowest BCUT2D eigenvalue weighted by Crippen LogP contribution is -2.21. The van der Waals surface area contributed by atoms with E-state index in [2.05, 4.69) is 5.10 Å². The standard InChI is InChI=1S/C5H5F3N4/c6-5(7,8)3-1-2-12(11-3)4(9)10/h1-2H,(H3,9,10). The van der Waals surface area contributed by atoms with Gasteiger partial charge < -0.3 is 5.73 Å². The zero-order chi connectivity index (χ0) is 9.35. The van der Waals surface area contributed by atoms with Crippen molar-refractivity contribution in [2.75, 3.05) is 0 Å². The van der Waals surface area contributed by atoms with Crippen LogP contribution in [0.1, 0.15) is 5.69 Å². The lowest BCUT2D eigenvalue weighted by Gasteiger charge is -2.00. The maximum absolute atomic E-state index is 11.9. The number of aromatic nitrogens is 2. The second-order valence-electron chi connectivity index (χ2n) is 2.03. The maximum Gasteiger partial charge on any atom is 0.435 e. The topological polar surface area (TPSA) is 67.7 Å². The minimum absolute atomic E-state index is 0.550. The summed E-state index contributed by atoms with van der Waals surface area (Å²) in [6.45, 7) is 0. The summed E-state index contributed by atoms with van der Waals surface area (Å²) in [5.74, 6) is -0.550. The first-order valence-electron chi connectivity index (χ1n) is 2.88. The number of nitrogen functional groups attached to an aromatic ring is 1. The number of alkyl halides is 3. The van der Waals surface area contributed by atoms with Crippen molar-refractivity contribution in [1.29, 1.82) is 5.41 Å². The molecule has 0 spiro atoms. The van der Waals surface area contributed by atoms with E-state index in [1.54, 1.807) is 0 Å². The zero-order valence-corrected chi connectivity index (χ0v) is 5.76. The molecule has 1 heterocycles. The van der Waals surface area contributed by atoms with Gasteiger partial charge in [0.2, 0.25) is 5.96 Å². The molecular formula is C5H5F3N4. The van der Waals surface area contributed by atoms with Gasteiger partial charge in [-0.15, -0.1) is 0 Å². The normalized spacial score (nSPS) is 11.6. The van der Waals surface area contributed by atoms with Crippen LogP contribution in [-0.2, 0) is 6.18 Å². The third kappa shape index (κ3) is 1.55. The summed E-state index contributed by atoms with van der Waals surface area (Å²) in [5.41, 5.74) is 3.83. The van der Waals surface area contributed by atoms with E-state index in [-0.39, 0.29) is 0 Å². The fourth-order valence-electron chi connectivity index (χ4n) is 0.609. The third-order valence-electron chi connectivity index (χ3n) is 1.13. The molecule has 0 aliphatic carbocycles. The van der Waals surface area contributed by atoms with Crippen LogP contribution >= 0.6 is 0 Å². The summed E-state index contributed by atoms with van der Waals surface area (Å²) in [6.07, 6.45) is -3.51. The van der Waals surface area contributed by atoms with Crippen LogP contribution in [-0.4, -0.2) is 15.7 Å². The molecule has 0 unspecified atom stereocenters. The van der Waals surface area contributed by atoms with Crippen molar-refractivity contribution in [1.82, 2.24) is 9.78 Å². The van der Waals surface area contributed by atoms with Crippen LogP contribution in [0.15, 0.2) is 12.3 Å². The molecule has 1 aromatic heterocycles. The van der Waals surface area contributed by atoms with Crippen LogP contribution in [0, 0.1) is 5.41 Å². The van der Waals surface area contributed by atoms with Crippen LogP contribution in [0.4, 0.5) is 13.2 Å². The lowest BCUT2D eigenvalue weighted by molar-refractivity contribution is -0.141. The summed E-state index contributed by atoms with van der Waals surface area (Å²) >= 11 is 0. The minimum Gasteiger partial charge on any atom is -0.368 e. The predicted octanol–water partition coefficient (Wildman–Crippen LogP) is 0.643. The molecule has 12 heavy (non-hydrogen) atoms. The molecular weight excluding hydrogens is 173 g/mol. The van der Waals surface area contributed by atoms with Gasteiger partial charge in [0.1, 0.15) is 0 Å². The summed E-state index contributed by atoms with van der Waals surface area (Å²) < 4.78 is 36.3. The van der Waals surface area contributed by atoms with Crippen molar-refractivity contribution in [3.8, 4) is 0 Å². The number of hydrogen-bond donors (Lipinski definition) is 2. The molecule has 0 aliphatic heterocycles. The molecule has 0 aliphatic rings. The highest BCUT2D eigenvalue weighted by atomic mass is 19.4. The monoisotopic (exact) mass is 178 g/mol. The van der Waals surface area contributed by atoms with E-state index in [0.717, 1.165) is 12.3 Å². The summed E-state index contributed by atoms with van der Waals surface area (Å²) in [5, 5.41) is 9.79. The SMILES string of the molecule is N=C(N)n1ccc(C(F)(F)F)n1. The average molecular weight is 178 g/mol. The van der Waals surface area contributed by atoms with Gasteiger partial charge in [0.05, 0.1) is 0 Å². The smallest absolute Gasteiger partial charge is 0.368 e. The first-order valence-corrected chi connectivity index (χ1v) is 2.88. The molecule has 7 heteroatoms. The van der Waals surface area contributed by atoms with E-state index in [0.29, 0.717) is 4.68 Å². The summed E-state index contributed by atoms with van der Waals surface area (Å²) in [6, 6.07) is 0.751. The molecule has 1 aromatic rings. The quantitative estimate of drug-likeness (QED) is 0.452. The number of nitrogens with zero attached hydrogens (tertiary/aromatic N) is 2. The van der Waals surface area contributed by atoms with Crippen LogP contribution in [0.25, 0.3) is 0 Å². The molecule has 0 amide bonds. The number of halogens is 3. The Morgan fingerprint density at radius 3 is 2.42 bits per heavy atom. The second-order valence-corrected chi connectivity index (χ2v) is 2.03. The molecule has 0 radical (unpaired) electrons. The predicted molar refractivity (Wildman–Crippen MR) is 34.5 cm³/mol. The Labute approximate surface area is 65.3 Å². The number of hydrogen-bond acceptors (Lipinski definition) is 2. The van der Waals surface area contributed by atoms with Gasteiger partial charge in [-0.3, -0.25) is 5.41 Å². The largest absolute Gasteiger partial charge is 0.435 e. The van der Waals surface area contributed by atoms with Crippen molar-refractivity contribution in [3.63, 3.8) is 0 Å². The average Bonchev–Trinajstić information content (AvgIpc) is 2.30. The fraction of sp³-hybridized carbons (Fsp3) is 0.200. The Balaban J connectivity index is 3.00. The molecule has 4 nitrogen and oxygen atoms in total. The number of rotatable bonds is 0. The second kappa shape index (κ2) is 2.50. The van der Waals surface area contributed by atoms with Crippen molar-refractivity contribution in [3.05, 3.63) is 18.0 Å². The van der Waals surface area contributed by atoms with Gasteiger partial charge in [-0.05, 0) is 6.07 Å². The first kappa shape index (κ1) is 8.57. The zero-order valence-electron chi connectivity index (χ0n) is 5.76. The molecule has 0 saturated carbocycles. The third-order valence-corrected chi connectivity index (χ3v) is 1.13. The van der Waals surface area contributed by atoms with Gasteiger partial charge in [0.15, 0.2) is 5.69 Å². The Bertz CT molecular complexity index is 300. The summed E-state index contributed by atoms with van der Waals surface area (Å²) in [7, 11) is 0. The van der Waals surface area contributed by atoms with Crippen LogP contribution in [0.2, 0.25) is 0 Å². The number of nitrogens with one attached hydrogen (secondary N) is 1. The highest BCUT2D eigenvalue weighted by molar-refractivity contribution is 5.75. The van der Waals surface area contributed by atoms with Crippen LogP contribution in [0.5, 0.6) is 0 Å². The van der Waals surface area contributed by atoms with Gasteiger partial charge in [0.25, 0.3) is 0 Å². The van der Waals surface area contributed by atoms with Gasteiger partial charge >= 0.3 is 6.18 Å². The highest BCUT2D eigenvalue weighted by Gasteiger charge is 2.33. The fourth-order valence-corrected chi connectivity index (χ4v) is 0.609. The van der Waals surface area contributed by atoms with E-state index < -0.39 is 17.8 Å². The maximum atomic E-state index is 11.9. The van der Waals surface area contributed by atoms with Crippen molar-refractivity contribution in [2.45, 2.75) is 6.18 Å². The van der Waals surface area contributed by atoms with Crippen LogP contribution < -0.4 is 5.73 Å². The van der Waals surface area contributed by atoms with E-state index >= 15 is 0 Å². The molecule has 0 atom stereocenters. The Morgan fingerprint density at radius 1 is 1.58 bits per heavy atom.